The maximum Gasteiger partial charge on any atom is 0.114 e. The van der Waals surface area contributed by atoms with Gasteiger partial charge in [-0.2, -0.15) is 0 Å². The Morgan fingerprint density at radius 3 is 2.75 bits per heavy atom. The van der Waals surface area contributed by atoms with Crippen molar-refractivity contribution in [2.24, 2.45) is 0 Å². The average molecular weight is 223 g/mol. The van der Waals surface area contributed by atoms with Gasteiger partial charge in [-0.1, -0.05) is 27.7 Å². The van der Waals surface area contributed by atoms with E-state index in [1.54, 1.807) is 0 Å². The predicted molar refractivity (Wildman–Crippen MR) is 68.7 cm³/mol. The zero-order chi connectivity index (χ0) is 12.0. The van der Waals surface area contributed by atoms with E-state index in [0.717, 1.165) is 32.5 Å². The van der Waals surface area contributed by atoms with Gasteiger partial charge >= 0.3 is 0 Å². The summed E-state index contributed by atoms with van der Waals surface area (Å²) in [6.07, 6.45) is 6.29. The summed E-state index contributed by atoms with van der Waals surface area (Å²) in [7, 11) is 0. The van der Waals surface area contributed by atoms with Crippen LogP contribution in [0.3, 0.4) is 0 Å². The lowest BCUT2D eigenvalue weighted by Gasteiger charge is -2.25. The van der Waals surface area contributed by atoms with E-state index >= 15 is 0 Å². The van der Waals surface area contributed by atoms with E-state index in [1.165, 1.54) is 5.82 Å². The maximum atomic E-state index is 4.52. The van der Waals surface area contributed by atoms with Crippen molar-refractivity contribution in [1.29, 1.82) is 0 Å². The zero-order valence-corrected chi connectivity index (χ0v) is 11.1. The standard InChI is InChI=1S/C13H25N3/c1-5-10-16-11-9-15-12(16)13(3,4)7-8-14-6-2/h9,11,14H,5-8,10H2,1-4H3. The van der Waals surface area contributed by atoms with Crippen molar-refractivity contribution in [1.82, 2.24) is 14.9 Å². The van der Waals surface area contributed by atoms with Crippen LogP contribution in [0.25, 0.3) is 0 Å². The minimum absolute atomic E-state index is 0.154. The Morgan fingerprint density at radius 1 is 1.38 bits per heavy atom. The van der Waals surface area contributed by atoms with E-state index in [0.29, 0.717) is 0 Å². The van der Waals surface area contributed by atoms with Crippen LogP contribution < -0.4 is 5.32 Å². The fraction of sp³-hybridized carbons (Fsp3) is 0.769. The van der Waals surface area contributed by atoms with Crippen molar-refractivity contribution in [3.8, 4) is 0 Å². The first kappa shape index (κ1) is 13.2. The van der Waals surface area contributed by atoms with Crippen molar-refractivity contribution in [3.05, 3.63) is 18.2 Å². The molecule has 0 saturated carbocycles. The van der Waals surface area contributed by atoms with Gasteiger partial charge in [0, 0.05) is 24.4 Å². The minimum Gasteiger partial charge on any atom is -0.335 e. The van der Waals surface area contributed by atoms with Crippen LogP contribution in [0.15, 0.2) is 12.4 Å². The molecule has 3 nitrogen and oxygen atoms in total. The molecule has 0 atom stereocenters. The summed E-state index contributed by atoms with van der Waals surface area (Å²) in [5.41, 5.74) is 0.154. The van der Waals surface area contributed by atoms with Gasteiger partial charge < -0.3 is 9.88 Å². The van der Waals surface area contributed by atoms with Crippen molar-refractivity contribution in [3.63, 3.8) is 0 Å². The SMILES string of the molecule is CCCn1ccnc1C(C)(C)CCNCC. The van der Waals surface area contributed by atoms with Gasteiger partial charge in [0.05, 0.1) is 0 Å². The number of nitrogens with zero attached hydrogens (tertiary/aromatic N) is 2. The molecule has 0 fully saturated rings. The lowest BCUT2D eigenvalue weighted by molar-refractivity contribution is 0.413. The molecule has 0 aliphatic carbocycles. The maximum absolute atomic E-state index is 4.52. The second-order valence-electron chi connectivity index (χ2n) is 4.93. The molecule has 1 aromatic heterocycles. The summed E-state index contributed by atoms with van der Waals surface area (Å²) in [4.78, 5) is 4.52. The number of aryl methyl sites for hydroxylation is 1. The van der Waals surface area contributed by atoms with Crippen LogP contribution in [0.1, 0.15) is 46.4 Å². The molecule has 0 spiro atoms. The number of hydrogen-bond donors (Lipinski definition) is 1. The Bertz CT molecular complexity index is 302. The molecule has 0 unspecified atom stereocenters. The van der Waals surface area contributed by atoms with Crippen molar-refractivity contribution < 1.29 is 0 Å². The third-order valence-electron chi connectivity index (χ3n) is 2.96. The second kappa shape index (κ2) is 6.04. The molecule has 1 aromatic rings. The molecular formula is C13H25N3. The second-order valence-corrected chi connectivity index (χ2v) is 4.93. The summed E-state index contributed by atoms with van der Waals surface area (Å²) in [5.74, 6) is 1.22. The topological polar surface area (TPSA) is 29.9 Å². The Morgan fingerprint density at radius 2 is 2.12 bits per heavy atom. The zero-order valence-electron chi connectivity index (χ0n) is 11.1. The van der Waals surface area contributed by atoms with E-state index in [1.807, 2.05) is 6.20 Å². The highest BCUT2D eigenvalue weighted by Gasteiger charge is 2.24. The normalized spacial score (nSPS) is 12.0. The molecule has 0 aliphatic rings. The van der Waals surface area contributed by atoms with Gasteiger partial charge in [-0.3, -0.25) is 0 Å². The molecule has 0 amide bonds. The van der Waals surface area contributed by atoms with Gasteiger partial charge in [0.15, 0.2) is 0 Å². The molecule has 1 heterocycles. The van der Waals surface area contributed by atoms with Gasteiger partial charge in [0.1, 0.15) is 5.82 Å². The summed E-state index contributed by atoms with van der Waals surface area (Å²) in [6, 6.07) is 0. The van der Waals surface area contributed by atoms with Crippen LogP contribution in [0.2, 0.25) is 0 Å². The molecule has 0 aromatic carbocycles. The van der Waals surface area contributed by atoms with Crippen LogP contribution in [0, 0.1) is 0 Å². The Labute approximate surface area is 99.3 Å². The number of aromatic nitrogens is 2. The van der Waals surface area contributed by atoms with E-state index < -0.39 is 0 Å². The number of rotatable bonds is 7. The lowest BCUT2D eigenvalue weighted by Crippen LogP contribution is -2.28. The molecule has 92 valence electrons. The fourth-order valence-corrected chi connectivity index (χ4v) is 2.00. The first-order chi connectivity index (χ1) is 7.61. The lowest BCUT2D eigenvalue weighted by atomic mass is 9.88. The molecule has 0 saturated heterocycles. The molecule has 3 heteroatoms. The third kappa shape index (κ3) is 3.34. The van der Waals surface area contributed by atoms with E-state index in [4.69, 9.17) is 0 Å². The Kier molecular flexibility index (Phi) is 5.00. The van der Waals surface area contributed by atoms with Gasteiger partial charge in [0.25, 0.3) is 0 Å². The highest BCUT2D eigenvalue weighted by molar-refractivity contribution is 5.07. The van der Waals surface area contributed by atoms with Crippen molar-refractivity contribution in [2.45, 2.75) is 52.5 Å². The van der Waals surface area contributed by atoms with Crippen LogP contribution in [-0.2, 0) is 12.0 Å². The fourth-order valence-electron chi connectivity index (χ4n) is 2.00. The molecule has 1 N–H and O–H groups in total. The molecule has 0 bridgehead atoms. The van der Waals surface area contributed by atoms with Crippen LogP contribution >= 0.6 is 0 Å². The van der Waals surface area contributed by atoms with Crippen LogP contribution in [0.5, 0.6) is 0 Å². The summed E-state index contributed by atoms with van der Waals surface area (Å²) in [6.45, 7) is 12.1. The molecule has 1 rings (SSSR count). The smallest absolute Gasteiger partial charge is 0.114 e. The quantitative estimate of drug-likeness (QED) is 0.720. The first-order valence-corrected chi connectivity index (χ1v) is 6.34. The van der Waals surface area contributed by atoms with Gasteiger partial charge in [0.2, 0.25) is 0 Å². The van der Waals surface area contributed by atoms with Crippen LogP contribution in [0.4, 0.5) is 0 Å². The van der Waals surface area contributed by atoms with Gasteiger partial charge in [-0.05, 0) is 25.9 Å². The van der Waals surface area contributed by atoms with Gasteiger partial charge in [-0.25, -0.2) is 4.98 Å². The van der Waals surface area contributed by atoms with Crippen LogP contribution in [-0.4, -0.2) is 22.6 Å². The third-order valence-corrected chi connectivity index (χ3v) is 2.96. The monoisotopic (exact) mass is 223 g/mol. The van der Waals surface area contributed by atoms with E-state index in [9.17, 15) is 0 Å². The molecule has 0 aliphatic heterocycles. The number of imidazole rings is 1. The predicted octanol–water partition coefficient (Wildman–Crippen LogP) is 2.57. The van der Waals surface area contributed by atoms with Crippen molar-refractivity contribution in [2.75, 3.05) is 13.1 Å². The van der Waals surface area contributed by atoms with Gasteiger partial charge in [-0.15, -0.1) is 0 Å². The average Bonchev–Trinajstić information content (AvgIpc) is 2.67. The minimum atomic E-state index is 0.154. The van der Waals surface area contributed by atoms with E-state index in [2.05, 4.69) is 48.8 Å². The largest absolute Gasteiger partial charge is 0.335 e. The number of hydrogen-bond acceptors (Lipinski definition) is 2. The molecule has 0 radical (unpaired) electrons. The first-order valence-electron chi connectivity index (χ1n) is 6.34. The Hall–Kier alpha value is -0.830. The number of nitrogens with one attached hydrogen (secondary N) is 1. The van der Waals surface area contributed by atoms with E-state index in [-0.39, 0.29) is 5.41 Å². The summed E-state index contributed by atoms with van der Waals surface area (Å²) in [5, 5.41) is 3.38. The Balaban J connectivity index is 2.68. The summed E-state index contributed by atoms with van der Waals surface area (Å²) >= 11 is 0. The summed E-state index contributed by atoms with van der Waals surface area (Å²) < 4.78 is 2.28. The molecular weight excluding hydrogens is 198 g/mol. The highest BCUT2D eigenvalue weighted by atomic mass is 15.1. The van der Waals surface area contributed by atoms with Crippen molar-refractivity contribution >= 4 is 0 Å². The molecule has 16 heavy (non-hydrogen) atoms. The highest BCUT2D eigenvalue weighted by Crippen LogP contribution is 2.25.